The van der Waals surface area contributed by atoms with E-state index in [0.29, 0.717) is 26.1 Å². The minimum absolute atomic E-state index is 0.154. The van der Waals surface area contributed by atoms with Crippen molar-refractivity contribution in [3.05, 3.63) is 0 Å². The van der Waals surface area contributed by atoms with E-state index < -0.39 is 10.0 Å². The molecule has 90 valence electrons. The Labute approximate surface area is 91.1 Å². The highest BCUT2D eigenvalue weighted by Gasteiger charge is 2.33. The normalized spacial score (nSPS) is 21.9. The summed E-state index contributed by atoms with van der Waals surface area (Å²) < 4.78 is 30.5. The molecule has 1 fully saturated rings. The first kappa shape index (κ1) is 12.9. The molecule has 15 heavy (non-hydrogen) atoms. The van der Waals surface area contributed by atoms with E-state index in [4.69, 9.17) is 9.84 Å². The molecule has 1 N–H and O–H groups in total. The fraction of sp³-hybridized carbons (Fsp3) is 1.00. The number of rotatable bonds is 4. The van der Waals surface area contributed by atoms with E-state index >= 15 is 0 Å². The summed E-state index contributed by atoms with van der Waals surface area (Å²) in [6, 6.07) is -0.363. The largest absolute Gasteiger partial charge is 0.395 e. The third-order valence-electron chi connectivity index (χ3n) is 2.88. The van der Waals surface area contributed by atoms with E-state index in [1.807, 2.05) is 0 Å². The van der Waals surface area contributed by atoms with Gasteiger partial charge in [0.25, 0.3) is 0 Å². The van der Waals surface area contributed by atoms with Crippen LogP contribution in [0, 0.1) is 0 Å². The molecule has 0 aromatic heterocycles. The maximum Gasteiger partial charge on any atom is 0.217 e. The maximum atomic E-state index is 12.0. The van der Waals surface area contributed by atoms with Crippen LogP contribution in [0.4, 0.5) is 0 Å². The predicted octanol–water partition coefficient (Wildman–Crippen LogP) is -0.192. The molecular weight excluding hydrogens is 218 g/mol. The van der Waals surface area contributed by atoms with Gasteiger partial charge in [0.1, 0.15) is 0 Å². The molecule has 0 saturated carbocycles. The van der Waals surface area contributed by atoms with Gasteiger partial charge in [0.05, 0.1) is 11.9 Å². The molecule has 1 aliphatic rings. The number of sulfonamides is 1. The Morgan fingerprint density at radius 1 is 1.47 bits per heavy atom. The summed E-state index contributed by atoms with van der Waals surface area (Å²) in [4.78, 5) is 0. The fourth-order valence-electron chi connectivity index (χ4n) is 1.57. The van der Waals surface area contributed by atoms with Crippen LogP contribution < -0.4 is 0 Å². The van der Waals surface area contributed by atoms with Crippen molar-refractivity contribution in [3.63, 3.8) is 0 Å². The van der Waals surface area contributed by atoms with Crippen molar-refractivity contribution in [1.82, 2.24) is 4.31 Å². The molecule has 1 saturated heterocycles. The number of aliphatic hydroxyl groups is 1. The summed E-state index contributed by atoms with van der Waals surface area (Å²) in [5, 5.41) is 8.58. The van der Waals surface area contributed by atoms with E-state index in [9.17, 15) is 8.42 Å². The number of hydrogen-bond donors (Lipinski definition) is 1. The van der Waals surface area contributed by atoms with Gasteiger partial charge in [-0.1, -0.05) is 0 Å². The van der Waals surface area contributed by atoms with Crippen LogP contribution in [0.2, 0.25) is 0 Å². The smallest absolute Gasteiger partial charge is 0.217 e. The van der Waals surface area contributed by atoms with Gasteiger partial charge in [-0.3, -0.25) is 0 Å². The molecule has 5 nitrogen and oxygen atoms in total. The molecule has 1 atom stereocenters. The second-order valence-electron chi connectivity index (χ2n) is 3.90. The Morgan fingerprint density at radius 3 is 2.47 bits per heavy atom. The van der Waals surface area contributed by atoms with E-state index in [-0.39, 0.29) is 17.9 Å². The zero-order valence-electron chi connectivity index (χ0n) is 9.22. The van der Waals surface area contributed by atoms with Crippen LogP contribution in [0.25, 0.3) is 0 Å². The van der Waals surface area contributed by atoms with Crippen molar-refractivity contribution in [2.45, 2.75) is 31.1 Å². The highest BCUT2D eigenvalue weighted by atomic mass is 32.2. The molecule has 0 aromatic carbocycles. The molecule has 0 spiro atoms. The second kappa shape index (κ2) is 5.25. The van der Waals surface area contributed by atoms with Gasteiger partial charge in [0.15, 0.2) is 0 Å². The summed E-state index contributed by atoms with van der Waals surface area (Å²) in [5.41, 5.74) is 0. The molecule has 1 rings (SSSR count). The Balaban J connectivity index is 2.72. The molecule has 0 aliphatic carbocycles. The first-order chi connectivity index (χ1) is 7.00. The lowest BCUT2D eigenvalue weighted by atomic mass is 10.2. The van der Waals surface area contributed by atoms with Gasteiger partial charge in [-0.05, 0) is 19.8 Å². The van der Waals surface area contributed by atoms with Crippen LogP contribution in [0.3, 0.4) is 0 Å². The number of hydrogen-bond acceptors (Lipinski definition) is 4. The predicted molar refractivity (Wildman–Crippen MR) is 57.1 cm³/mol. The van der Waals surface area contributed by atoms with Crippen molar-refractivity contribution >= 4 is 10.0 Å². The average molecular weight is 237 g/mol. The van der Waals surface area contributed by atoms with Crippen LogP contribution in [0.1, 0.15) is 19.8 Å². The molecule has 0 aromatic rings. The SMILES string of the molecule is CC(CO)N(C)S(=O)(=O)C1CCOCC1. The van der Waals surface area contributed by atoms with Gasteiger partial charge in [0.2, 0.25) is 10.0 Å². The highest BCUT2D eigenvalue weighted by Crippen LogP contribution is 2.20. The van der Waals surface area contributed by atoms with E-state index in [0.717, 1.165) is 0 Å². The molecule has 0 bridgehead atoms. The van der Waals surface area contributed by atoms with Crippen LogP contribution in [0.15, 0.2) is 0 Å². The van der Waals surface area contributed by atoms with Crippen LogP contribution in [0.5, 0.6) is 0 Å². The molecule has 1 unspecified atom stereocenters. The van der Waals surface area contributed by atoms with Gasteiger partial charge in [-0.25, -0.2) is 8.42 Å². The zero-order chi connectivity index (χ0) is 11.5. The Kier molecular flexibility index (Phi) is 4.51. The molecule has 0 radical (unpaired) electrons. The van der Waals surface area contributed by atoms with Crippen LogP contribution in [-0.2, 0) is 14.8 Å². The van der Waals surface area contributed by atoms with Gasteiger partial charge in [-0.15, -0.1) is 0 Å². The highest BCUT2D eigenvalue weighted by molar-refractivity contribution is 7.89. The van der Waals surface area contributed by atoms with E-state index in [1.165, 1.54) is 11.4 Å². The van der Waals surface area contributed by atoms with Gasteiger partial charge < -0.3 is 9.84 Å². The molecule has 1 heterocycles. The third-order valence-corrected chi connectivity index (χ3v) is 5.35. The summed E-state index contributed by atoms with van der Waals surface area (Å²) in [7, 11) is -1.76. The van der Waals surface area contributed by atoms with Gasteiger partial charge >= 0.3 is 0 Å². The van der Waals surface area contributed by atoms with Crippen molar-refractivity contribution in [2.75, 3.05) is 26.9 Å². The Bertz CT molecular complexity index is 276. The lowest BCUT2D eigenvalue weighted by molar-refractivity contribution is 0.0967. The van der Waals surface area contributed by atoms with Crippen molar-refractivity contribution in [1.29, 1.82) is 0 Å². The summed E-state index contributed by atoms with van der Waals surface area (Å²) >= 11 is 0. The standard InChI is InChI=1S/C9H19NO4S/c1-8(7-11)10(2)15(12,13)9-3-5-14-6-4-9/h8-9,11H,3-7H2,1-2H3. The third kappa shape index (κ3) is 2.90. The Hall–Kier alpha value is -0.170. The number of likely N-dealkylation sites (N-methyl/N-ethyl adjacent to an activating group) is 1. The maximum absolute atomic E-state index is 12.0. The van der Waals surface area contributed by atoms with E-state index in [1.54, 1.807) is 6.92 Å². The minimum Gasteiger partial charge on any atom is -0.395 e. The van der Waals surface area contributed by atoms with Crippen LogP contribution >= 0.6 is 0 Å². The lowest BCUT2D eigenvalue weighted by Gasteiger charge is -2.29. The number of nitrogens with zero attached hydrogens (tertiary/aromatic N) is 1. The minimum atomic E-state index is -3.28. The zero-order valence-corrected chi connectivity index (χ0v) is 10.0. The summed E-state index contributed by atoms with van der Waals surface area (Å²) in [6.07, 6.45) is 1.09. The molecule has 1 aliphatic heterocycles. The number of aliphatic hydroxyl groups excluding tert-OH is 1. The molecule has 6 heteroatoms. The second-order valence-corrected chi connectivity index (χ2v) is 6.18. The van der Waals surface area contributed by atoms with Crippen molar-refractivity contribution < 1.29 is 18.3 Å². The first-order valence-corrected chi connectivity index (χ1v) is 6.66. The van der Waals surface area contributed by atoms with Gasteiger partial charge in [-0.2, -0.15) is 4.31 Å². The summed E-state index contributed by atoms with van der Waals surface area (Å²) in [6.45, 7) is 2.55. The molecular formula is C9H19NO4S. The topological polar surface area (TPSA) is 66.8 Å². The summed E-state index contributed by atoms with van der Waals surface area (Å²) in [5.74, 6) is 0. The lowest BCUT2D eigenvalue weighted by Crippen LogP contribution is -2.44. The van der Waals surface area contributed by atoms with Crippen molar-refractivity contribution in [3.8, 4) is 0 Å². The molecule has 0 amide bonds. The van der Waals surface area contributed by atoms with E-state index in [2.05, 4.69) is 0 Å². The van der Waals surface area contributed by atoms with Crippen molar-refractivity contribution in [2.24, 2.45) is 0 Å². The van der Waals surface area contributed by atoms with Crippen LogP contribution in [-0.4, -0.2) is 56.0 Å². The Morgan fingerprint density at radius 2 is 2.00 bits per heavy atom. The monoisotopic (exact) mass is 237 g/mol. The number of ether oxygens (including phenoxy) is 1. The fourth-order valence-corrected chi connectivity index (χ4v) is 3.40. The van der Waals surface area contributed by atoms with Gasteiger partial charge in [0, 0.05) is 26.3 Å². The first-order valence-electron chi connectivity index (χ1n) is 5.15. The average Bonchev–Trinajstić information content (AvgIpc) is 2.28. The quantitative estimate of drug-likeness (QED) is 0.736.